The maximum Gasteiger partial charge on any atom is 0.416 e. The molecule has 6 heteroatoms. The largest absolute Gasteiger partial charge is 0.464 e. The average Bonchev–Trinajstić information content (AvgIpc) is 3.20. The quantitative estimate of drug-likeness (QED) is 0.887. The van der Waals surface area contributed by atoms with Gasteiger partial charge in [-0.15, -0.1) is 0 Å². The SMILES string of the molecule is Cc1ccc(C(C)NC(=O)C2CC2c2ccccc2C(F)(F)F)o1. The van der Waals surface area contributed by atoms with E-state index < -0.39 is 17.7 Å². The molecule has 1 fully saturated rings. The molecule has 0 saturated heterocycles. The highest BCUT2D eigenvalue weighted by atomic mass is 19.4. The van der Waals surface area contributed by atoms with Crippen LogP contribution in [0.25, 0.3) is 0 Å². The Bertz CT molecular complexity index is 751. The Labute approximate surface area is 137 Å². The van der Waals surface area contributed by atoms with Crippen molar-refractivity contribution in [3.8, 4) is 0 Å². The van der Waals surface area contributed by atoms with Crippen LogP contribution in [0.1, 0.15) is 48.0 Å². The van der Waals surface area contributed by atoms with E-state index in [4.69, 9.17) is 4.42 Å². The molecule has 1 aliphatic carbocycles. The first kappa shape index (κ1) is 16.6. The predicted octanol–water partition coefficient (Wildman–Crippen LogP) is 4.59. The summed E-state index contributed by atoms with van der Waals surface area (Å²) in [6.45, 7) is 3.60. The van der Waals surface area contributed by atoms with Crippen molar-refractivity contribution < 1.29 is 22.4 Å². The minimum absolute atomic E-state index is 0.201. The lowest BCUT2D eigenvalue weighted by Crippen LogP contribution is -2.28. The Hall–Kier alpha value is -2.24. The number of aryl methyl sites for hydroxylation is 1. The predicted molar refractivity (Wildman–Crippen MR) is 82.3 cm³/mol. The Morgan fingerprint density at radius 3 is 2.58 bits per heavy atom. The molecule has 3 unspecified atom stereocenters. The van der Waals surface area contributed by atoms with Crippen LogP contribution in [0.15, 0.2) is 40.8 Å². The summed E-state index contributed by atoms with van der Waals surface area (Å²) < 4.78 is 44.7. The van der Waals surface area contributed by atoms with E-state index in [1.807, 2.05) is 6.92 Å². The first-order chi connectivity index (χ1) is 11.3. The molecule has 1 heterocycles. The number of furan rings is 1. The standard InChI is InChI=1S/C18H18F3NO2/c1-10-7-8-16(24-10)11(2)22-17(23)14-9-13(14)12-5-3-4-6-15(12)18(19,20)21/h3-8,11,13-14H,9H2,1-2H3,(H,22,23). The fourth-order valence-electron chi connectivity index (χ4n) is 2.98. The zero-order valence-electron chi connectivity index (χ0n) is 13.4. The maximum atomic E-state index is 13.1. The van der Waals surface area contributed by atoms with Gasteiger partial charge < -0.3 is 9.73 Å². The number of carbonyl (C=O) groups is 1. The number of alkyl halides is 3. The number of carbonyl (C=O) groups excluding carboxylic acids is 1. The van der Waals surface area contributed by atoms with Crippen molar-refractivity contribution in [1.82, 2.24) is 5.32 Å². The van der Waals surface area contributed by atoms with E-state index in [9.17, 15) is 18.0 Å². The fraction of sp³-hybridized carbons (Fsp3) is 0.389. The summed E-state index contributed by atoms with van der Waals surface area (Å²) in [6.07, 6.45) is -3.97. The van der Waals surface area contributed by atoms with Gasteiger partial charge in [0, 0.05) is 5.92 Å². The summed E-state index contributed by atoms with van der Waals surface area (Å²) in [4.78, 5) is 12.3. The van der Waals surface area contributed by atoms with E-state index in [0.717, 1.165) is 11.8 Å². The monoisotopic (exact) mass is 337 g/mol. The van der Waals surface area contributed by atoms with Gasteiger partial charge >= 0.3 is 6.18 Å². The third kappa shape index (κ3) is 3.32. The molecule has 1 aromatic carbocycles. The summed E-state index contributed by atoms with van der Waals surface area (Å²) in [7, 11) is 0. The van der Waals surface area contributed by atoms with Crippen molar-refractivity contribution in [2.45, 2.75) is 38.4 Å². The molecule has 128 valence electrons. The molecule has 2 aromatic rings. The van der Waals surface area contributed by atoms with Crippen LogP contribution in [0.4, 0.5) is 13.2 Å². The van der Waals surface area contributed by atoms with Crippen molar-refractivity contribution in [2.75, 3.05) is 0 Å². The molecule has 1 saturated carbocycles. The van der Waals surface area contributed by atoms with E-state index in [1.165, 1.54) is 12.1 Å². The van der Waals surface area contributed by atoms with Gasteiger partial charge in [-0.1, -0.05) is 18.2 Å². The molecule has 24 heavy (non-hydrogen) atoms. The summed E-state index contributed by atoms with van der Waals surface area (Å²) in [5.74, 6) is 0.335. The van der Waals surface area contributed by atoms with Crippen LogP contribution in [-0.4, -0.2) is 5.91 Å². The van der Waals surface area contributed by atoms with Crippen molar-refractivity contribution in [3.63, 3.8) is 0 Å². The van der Waals surface area contributed by atoms with Gasteiger partial charge in [0.15, 0.2) is 0 Å². The van der Waals surface area contributed by atoms with E-state index in [-0.39, 0.29) is 23.4 Å². The highest BCUT2D eigenvalue weighted by molar-refractivity contribution is 5.83. The molecule has 1 aliphatic rings. The van der Waals surface area contributed by atoms with Crippen LogP contribution in [0.2, 0.25) is 0 Å². The van der Waals surface area contributed by atoms with E-state index in [0.29, 0.717) is 12.2 Å². The smallest absolute Gasteiger partial charge is 0.416 e. The normalized spacial score (nSPS) is 21.4. The number of benzene rings is 1. The molecule has 1 N–H and O–H groups in total. The average molecular weight is 337 g/mol. The summed E-state index contributed by atoms with van der Waals surface area (Å²) in [5.41, 5.74) is -0.452. The third-order valence-electron chi connectivity index (χ3n) is 4.34. The maximum absolute atomic E-state index is 13.1. The highest BCUT2D eigenvalue weighted by Gasteiger charge is 2.48. The van der Waals surface area contributed by atoms with E-state index in [2.05, 4.69) is 5.32 Å². The van der Waals surface area contributed by atoms with E-state index in [1.54, 1.807) is 25.1 Å². The number of hydrogen-bond acceptors (Lipinski definition) is 2. The van der Waals surface area contributed by atoms with Gasteiger partial charge in [0.25, 0.3) is 0 Å². The van der Waals surface area contributed by atoms with Crippen molar-refractivity contribution in [1.29, 1.82) is 0 Å². The lowest BCUT2D eigenvalue weighted by molar-refractivity contribution is -0.138. The number of nitrogens with one attached hydrogen (secondary N) is 1. The Kier molecular flexibility index (Phi) is 4.15. The molecule has 1 aromatic heterocycles. The van der Waals surface area contributed by atoms with Gasteiger partial charge in [-0.2, -0.15) is 13.2 Å². The molecule has 0 aliphatic heterocycles. The topological polar surface area (TPSA) is 42.2 Å². The van der Waals surface area contributed by atoms with E-state index >= 15 is 0 Å². The van der Waals surface area contributed by atoms with Gasteiger partial charge in [0.2, 0.25) is 5.91 Å². The van der Waals surface area contributed by atoms with Crippen LogP contribution in [0.3, 0.4) is 0 Å². The first-order valence-electron chi connectivity index (χ1n) is 7.80. The van der Waals surface area contributed by atoms with Crippen molar-refractivity contribution in [3.05, 3.63) is 59.0 Å². The van der Waals surface area contributed by atoms with Crippen LogP contribution < -0.4 is 5.32 Å². The van der Waals surface area contributed by atoms with Crippen molar-refractivity contribution in [2.24, 2.45) is 5.92 Å². The second kappa shape index (κ2) is 6.00. The molecule has 3 atom stereocenters. The fourth-order valence-corrected chi connectivity index (χ4v) is 2.98. The Morgan fingerprint density at radius 2 is 1.96 bits per heavy atom. The summed E-state index contributed by atoms with van der Waals surface area (Å²) in [5, 5.41) is 2.82. The minimum Gasteiger partial charge on any atom is -0.464 e. The second-order valence-corrected chi connectivity index (χ2v) is 6.21. The van der Waals surface area contributed by atoms with Gasteiger partial charge in [-0.25, -0.2) is 0 Å². The number of hydrogen-bond donors (Lipinski definition) is 1. The lowest BCUT2D eigenvalue weighted by Gasteiger charge is -2.14. The number of halogens is 3. The Balaban J connectivity index is 1.68. The molecular formula is C18H18F3NO2. The molecular weight excluding hydrogens is 319 g/mol. The number of rotatable bonds is 4. The second-order valence-electron chi connectivity index (χ2n) is 6.21. The van der Waals surface area contributed by atoms with Gasteiger partial charge in [-0.05, 0) is 49.9 Å². The molecule has 0 radical (unpaired) electrons. The molecule has 1 amide bonds. The third-order valence-corrected chi connectivity index (χ3v) is 4.34. The van der Waals surface area contributed by atoms with Gasteiger partial charge in [-0.3, -0.25) is 4.79 Å². The zero-order valence-corrected chi connectivity index (χ0v) is 13.4. The van der Waals surface area contributed by atoms with Crippen LogP contribution >= 0.6 is 0 Å². The summed E-state index contributed by atoms with van der Waals surface area (Å²) in [6, 6.07) is 8.74. The van der Waals surface area contributed by atoms with Crippen LogP contribution in [0.5, 0.6) is 0 Å². The van der Waals surface area contributed by atoms with Gasteiger partial charge in [0.1, 0.15) is 11.5 Å². The Morgan fingerprint density at radius 1 is 1.25 bits per heavy atom. The first-order valence-corrected chi connectivity index (χ1v) is 7.80. The van der Waals surface area contributed by atoms with Crippen LogP contribution in [0, 0.1) is 12.8 Å². The van der Waals surface area contributed by atoms with Crippen molar-refractivity contribution >= 4 is 5.91 Å². The minimum atomic E-state index is -4.40. The lowest BCUT2D eigenvalue weighted by atomic mass is 10.0. The highest BCUT2D eigenvalue weighted by Crippen LogP contribution is 2.51. The molecule has 3 nitrogen and oxygen atoms in total. The zero-order chi connectivity index (χ0) is 17.5. The van der Waals surface area contributed by atoms with Crippen LogP contribution in [-0.2, 0) is 11.0 Å². The molecule has 0 spiro atoms. The summed E-state index contributed by atoms with van der Waals surface area (Å²) >= 11 is 0. The van der Waals surface area contributed by atoms with Gasteiger partial charge in [0.05, 0.1) is 11.6 Å². The molecule has 0 bridgehead atoms. The molecule has 3 rings (SSSR count). The number of amides is 1.